The molecule has 0 bridgehead atoms. The lowest BCUT2D eigenvalue weighted by molar-refractivity contribution is 0.685. The highest BCUT2D eigenvalue weighted by Crippen LogP contribution is 2.32. The van der Waals surface area contributed by atoms with E-state index in [1.54, 1.807) is 6.08 Å². The van der Waals surface area contributed by atoms with Crippen molar-refractivity contribution < 1.29 is 0 Å². The number of rotatable bonds is 9. The van der Waals surface area contributed by atoms with Crippen LogP contribution in [0.5, 0.6) is 0 Å². The minimum Gasteiger partial charge on any atom is -0.380 e. The molecule has 6 nitrogen and oxygen atoms in total. The van der Waals surface area contributed by atoms with Gasteiger partial charge in [-0.1, -0.05) is 80.0 Å². The first kappa shape index (κ1) is 29.1. The number of aromatic amines is 1. The second kappa shape index (κ2) is 12.7. The van der Waals surface area contributed by atoms with Crippen molar-refractivity contribution in [2.45, 2.75) is 39.2 Å². The number of nitrogens with one attached hydrogen (secondary N) is 4. The number of allylic oxidation sites excluding steroid dienone is 5. The van der Waals surface area contributed by atoms with Crippen molar-refractivity contribution in [1.82, 2.24) is 31.1 Å². The van der Waals surface area contributed by atoms with Gasteiger partial charge in [-0.2, -0.15) is 5.10 Å². The molecule has 0 amide bonds. The zero-order valence-corrected chi connectivity index (χ0v) is 25.9. The summed E-state index contributed by atoms with van der Waals surface area (Å²) < 4.78 is 0. The van der Waals surface area contributed by atoms with Crippen LogP contribution in [0.4, 0.5) is 0 Å². The molecule has 0 saturated carbocycles. The fraction of sp³-hybridized carbons (Fsp3) is 0.162. The van der Waals surface area contributed by atoms with Gasteiger partial charge in [-0.3, -0.25) is 5.10 Å². The lowest BCUT2D eigenvalue weighted by atomic mass is 9.93. The van der Waals surface area contributed by atoms with Gasteiger partial charge < -0.3 is 16.0 Å². The van der Waals surface area contributed by atoms with Gasteiger partial charge in [-0.05, 0) is 97.5 Å². The molecule has 0 spiro atoms. The maximum absolute atomic E-state index is 5.62. The van der Waals surface area contributed by atoms with Gasteiger partial charge in [0.2, 0.25) is 0 Å². The number of hydrogen-bond acceptors (Lipinski definition) is 5. The minimum absolute atomic E-state index is 0.0910. The molecule has 2 aromatic carbocycles. The van der Waals surface area contributed by atoms with Crippen LogP contribution in [-0.2, 0) is 12.8 Å². The molecule has 0 fully saturated rings. The first-order valence-electron chi connectivity index (χ1n) is 14.9. The van der Waals surface area contributed by atoms with Gasteiger partial charge in [0.15, 0.2) is 0 Å². The minimum atomic E-state index is 0.0910. The zero-order valence-electron chi connectivity index (χ0n) is 25.1. The summed E-state index contributed by atoms with van der Waals surface area (Å²) in [4.78, 5) is 5.64. The van der Waals surface area contributed by atoms with Gasteiger partial charge in [-0.15, -0.1) is 0 Å². The number of hydrogen-bond donors (Lipinski definition) is 4. The van der Waals surface area contributed by atoms with Crippen LogP contribution in [0.25, 0.3) is 22.3 Å². The Kier molecular flexibility index (Phi) is 8.39. The lowest BCUT2D eigenvalue weighted by Crippen LogP contribution is -2.25. The van der Waals surface area contributed by atoms with Crippen LogP contribution < -0.4 is 16.0 Å². The number of pyridine rings is 1. The van der Waals surface area contributed by atoms with E-state index in [-0.39, 0.29) is 6.04 Å². The van der Waals surface area contributed by atoms with Crippen molar-refractivity contribution in [3.63, 3.8) is 0 Å². The SMILES string of the molecule is C=C/C(=C\C(=C/C)c1ccc2[nH]nc(C(=C)NC3=C(C)C(c4ccc5c(c4)CCC5)NC=C3)c2n1)NC(=S)c1ccccc1. The Morgan fingerprint density at radius 1 is 1.07 bits per heavy atom. The maximum Gasteiger partial charge on any atom is 0.134 e. The maximum atomic E-state index is 5.62. The monoisotopic (exact) mass is 596 g/mol. The number of nitrogens with zero attached hydrogens (tertiary/aromatic N) is 2. The largest absolute Gasteiger partial charge is 0.380 e. The van der Waals surface area contributed by atoms with Gasteiger partial charge in [0.25, 0.3) is 0 Å². The summed E-state index contributed by atoms with van der Waals surface area (Å²) in [6.45, 7) is 12.5. The van der Waals surface area contributed by atoms with Gasteiger partial charge in [0, 0.05) is 17.0 Å². The molecule has 220 valence electrons. The number of thiocarbonyl (C=S) groups is 1. The highest BCUT2D eigenvalue weighted by Gasteiger charge is 2.22. The average molecular weight is 597 g/mol. The molecular weight excluding hydrogens is 561 g/mol. The third-order valence-corrected chi connectivity index (χ3v) is 8.58. The number of dihydropyridines is 1. The normalized spacial score (nSPS) is 16.5. The first-order chi connectivity index (χ1) is 21.4. The third-order valence-electron chi connectivity index (χ3n) is 8.24. The van der Waals surface area contributed by atoms with Crippen LogP contribution in [0, 0.1) is 0 Å². The molecule has 2 aliphatic rings. The summed E-state index contributed by atoms with van der Waals surface area (Å²) in [6.07, 6.45) is 13.4. The van der Waals surface area contributed by atoms with E-state index in [0.717, 1.165) is 45.7 Å². The summed E-state index contributed by atoms with van der Waals surface area (Å²) in [7, 11) is 0. The summed E-state index contributed by atoms with van der Waals surface area (Å²) in [6, 6.07) is 20.8. The predicted octanol–water partition coefficient (Wildman–Crippen LogP) is 7.58. The van der Waals surface area contributed by atoms with E-state index in [1.165, 1.54) is 35.1 Å². The molecule has 44 heavy (non-hydrogen) atoms. The van der Waals surface area contributed by atoms with E-state index in [2.05, 4.69) is 64.4 Å². The first-order valence-corrected chi connectivity index (χ1v) is 15.3. The number of benzene rings is 2. The predicted molar refractivity (Wildman–Crippen MR) is 185 cm³/mol. The van der Waals surface area contributed by atoms with Crippen LogP contribution in [0.1, 0.15) is 60.0 Å². The number of aromatic nitrogens is 3. The number of aryl methyl sites for hydroxylation is 2. The van der Waals surface area contributed by atoms with Crippen LogP contribution in [0.15, 0.2) is 121 Å². The van der Waals surface area contributed by atoms with Crippen molar-refractivity contribution in [2.75, 3.05) is 0 Å². The Labute approximate surface area is 264 Å². The molecule has 1 unspecified atom stereocenters. The van der Waals surface area contributed by atoms with E-state index in [1.807, 2.05) is 73.8 Å². The molecule has 6 rings (SSSR count). The summed E-state index contributed by atoms with van der Waals surface area (Å²) in [5.74, 6) is 0. The standard InChI is InChI=1S/C37H36N6S/c1-5-25(22-30(6-2)40-37(44)27-11-8-7-9-12-27)32-17-18-33-36(41-32)35(43-42-33)24(4)39-31-19-20-38-34(23(31)3)29-16-15-26-13-10-14-28(26)21-29/h5-9,11-12,15-22,34,38-39H,2,4,10,13-14H2,1,3H3,(H,40,44)(H,42,43)/b25-5+,30-22+. The third kappa shape index (κ3) is 5.92. The quantitative estimate of drug-likeness (QED) is 0.118. The van der Waals surface area contributed by atoms with Gasteiger partial charge in [0.05, 0.1) is 22.9 Å². The van der Waals surface area contributed by atoms with E-state index < -0.39 is 0 Å². The number of fused-ring (bicyclic) bond motifs is 2. The van der Waals surface area contributed by atoms with E-state index in [0.29, 0.717) is 16.4 Å². The zero-order chi connectivity index (χ0) is 30.6. The van der Waals surface area contributed by atoms with Crippen molar-refractivity contribution >= 4 is 39.5 Å². The molecule has 0 radical (unpaired) electrons. The molecular formula is C37H36N6S. The van der Waals surface area contributed by atoms with E-state index in [9.17, 15) is 0 Å². The lowest BCUT2D eigenvalue weighted by Gasteiger charge is -2.26. The Balaban J connectivity index is 1.24. The summed E-state index contributed by atoms with van der Waals surface area (Å²) in [5, 5.41) is 18.1. The van der Waals surface area contributed by atoms with Crippen LogP contribution in [-0.4, -0.2) is 20.2 Å². The van der Waals surface area contributed by atoms with Crippen LogP contribution in [0.3, 0.4) is 0 Å². The molecule has 1 atom stereocenters. The Hall–Kier alpha value is -5.01. The molecule has 3 heterocycles. The second-order valence-corrected chi connectivity index (χ2v) is 11.5. The average Bonchev–Trinajstić information content (AvgIpc) is 3.71. The Bertz CT molecular complexity index is 1890. The molecule has 1 aliphatic carbocycles. The molecule has 4 aromatic rings. The van der Waals surface area contributed by atoms with Gasteiger partial charge >= 0.3 is 0 Å². The van der Waals surface area contributed by atoms with Gasteiger partial charge in [0.1, 0.15) is 16.2 Å². The molecule has 0 saturated heterocycles. The molecule has 1 aliphatic heterocycles. The Morgan fingerprint density at radius 3 is 2.68 bits per heavy atom. The van der Waals surface area contributed by atoms with E-state index in [4.69, 9.17) is 17.2 Å². The van der Waals surface area contributed by atoms with Crippen LogP contribution in [0.2, 0.25) is 0 Å². The highest BCUT2D eigenvalue weighted by atomic mass is 32.1. The fourth-order valence-electron chi connectivity index (χ4n) is 5.80. The smallest absolute Gasteiger partial charge is 0.134 e. The summed E-state index contributed by atoms with van der Waals surface area (Å²) >= 11 is 5.62. The van der Waals surface area contributed by atoms with Crippen molar-refractivity contribution in [1.29, 1.82) is 0 Å². The molecule has 7 heteroatoms. The summed E-state index contributed by atoms with van der Waals surface area (Å²) in [5.41, 5.74) is 12.8. The van der Waals surface area contributed by atoms with Crippen LogP contribution >= 0.6 is 12.2 Å². The Morgan fingerprint density at radius 2 is 1.89 bits per heavy atom. The number of H-pyrrole nitrogens is 1. The topological polar surface area (TPSA) is 77.7 Å². The van der Waals surface area contributed by atoms with Crippen molar-refractivity contribution in [3.8, 4) is 0 Å². The van der Waals surface area contributed by atoms with E-state index >= 15 is 0 Å². The van der Waals surface area contributed by atoms with Gasteiger partial charge in [-0.25, -0.2) is 4.98 Å². The second-order valence-electron chi connectivity index (χ2n) is 11.0. The van der Waals surface area contributed by atoms with Crippen molar-refractivity contribution in [2.24, 2.45) is 0 Å². The highest BCUT2D eigenvalue weighted by molar-refractivity contribution is 7.80. The van der Waals surface area contributed by atoms with Crippen molar-refractivity contribution in [3.05, 3.63) is 155 Å². The molecule has 4 N–H and O–H groups in total. The molecule has 2 aromatic heterocycles. The fourth-order valence-corrected chi connectivity index (χ4v) is 6.05.